The van der Waals surface area contributed by atoms with Gasteiger partial charge in [-0.25, -0.2) is 12.8 Å². The number of rotatable bonds is 4. The Morgan fingerprint density at radius 1 is 1.48 bits per heavy atom. The van der Waals surface area contributed by atoms with Crippen molar-refractivity contribution in [3.8, 4) is 5.75 Å². The van der Waals surface area contributed by atoms with Crippen molar-refractivity contribution in [3.63, 3.8) is 0 Å². The van der Waals surface area contributed by atoms with E-state index < -0.39 is 15.8 Å². The van der Waals surface area contributed by atoms with Gasteiger partial charge in [0, 0.05) is 24.7 Å². The van der Waals surface area contributed by atoms with Gasteiger partial charge < -0.3 is 10.5 Å². The van der Waals surface area contributed by atoms with Gasteiger partial charge in [-0.15, -0.1) is 12.4 Å². The lowest BCUT2D eigenvalue weighted by Gasteiger charge is -2.24. The van der Waals surface area contributed by atoms with Crippen LogP contribution in [0.2, 0.25) is 0 Å². The molecule has 0 spiro atoms. The highest BCUT2D eigenvalue weighted by molar-refractivity contribution is 7.89. The van der Waals surface area contributed by atoms with Crippen LogP contribution in [0.15, 0.2) is 17.0 Å². The molecule has 1 aliphatic rings. The summed E-state index contributed by atoms with van der Waals surface area (Å²) in [6.07, 6.45) is 1.52. The summed E-state index contributed by atoms with van der Waals surface area (Å²) in [5, 5.41) is 0. The highest BCUT2D eigenvalue weighted by Gasteiger charge is 2.35. The molecule has 0 amide bonds. The zero-order valence-corrected chi connectivity index (χ0v) is 13.6. The van der Waals surface area contributed by atoms with Gasteiger partial charge in [0.2, 0.25) is 10.0 Å². The summed E-state index contributed by atoms with van der Waals surface area (Å²) in [7, 11) is -2.38. The Labute approximate surface area is 130 Å². The second kappa shape index (κ2) is 6.91. The standard InChI is InChI=1S/C13H19FN2O3S.ClH/c1-9-12(6-5-11(19-2)13(9)14)20(17,18)16-7-3-4-10(16)8-15;/h5-6,10H,3-4,7-8,15H2,1-2H3;1H. The molecular weight excluding hydrogens is 319 g/mol. The summed E-state index contributed by atoms with van der Waals surface area (Å²) in [5.41, 5.74) is 5.69. The van der Waals surface area contributed by atoms with E-state index in [1.54, 1.807) is 0 Å². The monoisotopic (exact) mass is 338 g/mol. The summed E-state index contributed by atoms with van der Waals surface area (Å²) in [6, 6.07) is 2.52. The third-order valence-electron chi connectivity index (χ3n) is 3.70. The van der Waals surface area contributed by atoms with Crippen molar-refractivity contribution in [3.05, 3.63) is 23.5 Å². The van der Waals surface area contributed by atoms with E-state index in [0.29, 0.717) is 6.54 Å². The number of hydrogen-bond acceptors (Lipinski definition) is 4. The maximum absolute atomic E-state index is 14.0. The van der Waals surface area contributed by atoms with Crippen LogP contribution in [0.25, 0.3) is 0 Å². The molecule has 1 heterocycles. The predicted molar refractivity (Wildman–Crippen MR) is 80.9 cm³/mol. The van der Waals surface area contributed by atoms with Crippen LogP contribution < -0.4 is 10.5 Å². The largest absolute Gasteiger partial charge is 0.494 e. The minimum Gasteiger partial charge on any atom is -0.494 e. The molecule has 1 fully saturated rings. The average molecular weight is 339 g/mol. The van der Waals surface area contributed by atoms with Crippen LogP contribution in [0.1, 0.15) is 18.4 Å². The number of halogens is 2. The SMILES string of the molecule is COc1ccc(S(=O)(=O)N2CCCC2CN)c(C)c1F.Cl. The highest BCUT2D eigenvalue weighted by Crippen LogP contribution is 2.31. The Morgan fingerprint density at radius 3 is 2.71 bits per heavy atom. The number of hydrogen-bond donors (Lipinski definition) is 1. The van der Waals surface area contributed by atoms with Crippen molar-refractivity contribution < 1.29 is 17.5 Å². The summed E-state index contributed by atoms with van der Waals surface area (Å²) < 4.78 is 45.5. The van der Waals surface area contributed by atoms with Gasteiger partial charge in [0.25, 0.3) is 0 Å². The van der Waals surface area contributed by atoms with E-state index in [1.807, 2.05) is 0 Å². The van der Waals surface area contributed by atoms with E-state index in [9.17, 15) is 12.8 Å². The molecule has 1 saturated heterocycles. The fraction of sp³-hybridized carbons (Fsp3) is 0.538. The third kappa shape index (κ3) is 3.15. The van der Waals surface area contributed by atoms with Gasteiger partial charge >= 0.3 is 0 Å². The molecule has 1 aromatic carbocycles. The molecule has 1 aliphatic heterocycles. The molecule has 8 heteroatoms. The molecular formula is C13H20ClFN2O3S. The molecule has 0 saturated carbocycles. The van der Waals surface area contributed by atoms with Crippen LogP contribution >= 0.6 is 12.4 Å². The van der Waals surface area contributed by atoms with Crippen LogP contribution in [0.3, 0.4) is 0 Å². The lowest BCUT2D eigenvalue weighted by atomic mass is 10.2. The van der Waals surface area contributed by atoms with Crippen LogP contribution in [0.4, 0.5) is 4.39 Å². The molecule has 2 N–H and O–H groups in total. The lowest BCUT2D eigenvalue weighted by Crippen LogP contribution is -2.40. The first-order chi connectivity index (χ1) is 9.43. The van der Waals surface area contributed by atoms with Crippen molar-refractivity contribution in [1.29, 1.82) is 0 Å². The first kappa shape index (κ1) is 18.2. The summed E-state index contributed by atoms with van der Waals surface area (Å²) in [5.74, 6) is -0.602. The van der Waals surface area contributed by atoms with E-state index in [0.717, 1.165) is 12.8 Å². The van der Waals surface area contributed by atoms with Crippen molar-refractivity contribution in [2.75, 3.05) is 20.2 Å². The van der Waals surface area contributed by atoms with Gasteiger partial charge in [-0.1, -0.05) is 0 Å². The summed E-state index contributed by atoms with van der Waals surface area (Å²) >= 11 is 0. The Balaban J connectivity index is 0.00000220. The Morgan fingerprint density at radius 2 is 2.14 bits per heavy atom. The van der Waals surface area contributed by atoms with Crippen LogP contribution in [-0.4, -0.2) is 39.0 Å². The summed E-state index contributed by atoms with van der Waals surface area (Å²) in [6.45, 7) is 2.15. The van der Waals surface area contributed by atoms with Gasteiger partial charge in [-0.3, -0.25) is 0 Å². The van der Waals surface area contributed by atoms with Crippen molar-refractivity contribution >= 4 is 22.4 Å². The second-order valence-corrected chi connectivity index (χ2v) is 6.71. The van der Waals surface area contributed by atoms with Gasteiger partial charge in [0.1, 0.15) is 0 Å². The normalized spacial score (nSPS) is 19.3. The number of nitrogens with two attached hydrogens (primary N) is 1. The first-order valence-corrected chi connectivity index (χ1v) is 7.92. The van der Waals surface area contributed by atoms with Crippen molar-refractivity contribution in [1.82, 2.24) is 4.31 Å². The van der Waals surface area contributed by atoms with E-state index in [2.05, 4.69) is 0 Å². The van der Waals surface area contributed by atoms with Gasteiger partial charge in [-0.2, -0.15) is 4.31 Å². The topological polar surface area (TPSA) is 72.6 Å². The molecule has 0 bridgehead atoms. The van der Waals surface area contributed by atoms with E-state index in [-0.39, 0.29) is 41.2 Å². The molecule has 1 unspecified atom stereocenters. The highest BCUT2D eigenvalue weighted by atomic mass is 35.5. The minimum atomic E-state index is -3.72. The number of methoxy groups -OCH3 is 1. The van der Waals surface area contributed by atoms with Gasteiger partial charge in [0.15, 0.2) is 11.6 Å². The molecule has 0 radical (unpaired) electrons. The first-order valence-electron chi connectivity index (χ1n) is 6.48. The zero-order valence-electron chi connectivity index (χ0n) is 12.0. The quantitative estimate of drug-likeness (QED) is 0.906. The Hall–Kier alpha value is -0.890. The minimum absolute atomic E-state index is 0. The number of nitrogens with zero attached hydrogens (tertiary/aromatic N) is 1. The second-order valence-electron chi connectivity index (χ2n) is 4.85. The predicted octanol–water partition coefficient (Wildman–Crippen LogP) is 1.68. The van der Waals surface area contributed by atoms with E-state index in [4.69, 9.17) is 10.5 Å². The fourth-order valence-electron chi connectivity index (χ4n) is 2.57. The van der Waals surface area contributed by atoms with E-state index in [1.165, 1.54) is 30.5 Å². The van der Waals surface area contributed by atoms with Gasteiger partial charge in [-0.05, 0) is 31.9 Å². The number of benzene rings is 1. The van der Waals surface area contributed by atoms with Crippen LogP contribution in [-0.2, 0) is 10.0 Å². The molecule has 5 nitrogen and oxygen atoms in total. The smallest absolute Gasteiger partial charge is 0.243 e. The Bertz CT molecular complexity index is 610. The van der Waals surface area contributed by atoms with Crippen molar-refractivity contribution in [2.24, 2.45) is 5.73 Å². The van der Waals surface area contributed by atoms with E-state index >= 15 is 0 Å². The van der Waals surface area contributed by atoms with Crippen LogP contribution in [0, 0.1) is 12.7 Å². The molecule has 1 atom stereocenters. The average Bonchev–Trinajstić information content (AvgIpc) is 2.90. The maximum atomic E-state index is 14.0. The Kier molecular flexibility index (Phi) is 5.98. The third-order valence-corrected chi connectivity index (χ3v) is 5.80. The maximum Gasteiger partial charge on any atom is 0.243 e. The zero-order chi connectivity index (χ0) is 14.9. The molecule has 21 heavy (non-hydrogen) atoms. The van der Waals surface area contributed by atoms with Crippen molar-refractivity contribution in [2.45, 2.75) is 30.7 Å². The molecule has 0 aliphatic carbocycles. The number of ether oxygens (including phenoxy) is 1. The van der Waals surface area contributed by atoms with Gasteiger partial charge in [0.05, 0.1) is 12.0 Å². The summed E-state index contributed by atoms with van der Waals surface area (Å²) in [4.78, 5) is -0.0175. The molecule has 2 rings (SSSR count). The number of sulfonamides is 1. The molecule has 0 aromatic heterocycles. The van der Waals surface area contributed by atoms with Crippen LogP contribution in [0.5, 0.6) is 5.75 Å². The fourth-order valence-corrected chi connectivity index (χ4v) is 4.49. The lowest BCUT2D eigenvalue weighted by molar-refractivity contribution is 0.380. The molecule has 120 valence electrons. The molecule has 1 aromatic rings.